The van der Waals surface area contributed by atoms with Crippen LogP contribution in [-0.4, -0.2) is 35.2 Å². The van der Waals surface area contributed by atoms with Gasteiger partial charge in [-0.3, -0.25) is 9.69 Å². The lowest BCUT2D eigenvalue weighted by Gasteiger charge is -2.22. The summed E-state index contributed by atoms with van der Waals surface area (Å²) < 4.78 is 6.23. The summed E-state index contributed by atoms with van der Waals surface area (Å²) in [7, 11) is 0. The van der Waals surface area contributed by atoms with Crippen LogP contribution in [0.3, 0.4) is 0 Å². The van der Waals surface area contributed by atoms with Gasteiger partial charge in [0.25, 0.3) is 0 Å². The molecule has 1 fully saturated rings. The number of hydrogen-bond donors (Lipinski definition) is 1. The first kappa shape index (κ1) is 12.9. The van der Waals surface area contributed by atoms with Crippen LogP contribution in [0.5, 0.6) is 0 Å². The summed E-state index contributed by atoms with van der Waals surface area (Å²) >= 11 is 3.33. The van der Waals surface area contributed by atoms with Crippen molar-refractivity contribution in [2.24, 2.45) is 0 Å². The van der Waals surface area contributed by atoms with E-state index in [4.69, 9.17) is 9.84 Å². The van der Waals surface area contributed by atoms with Crippen molar-refractivity contribution in [3.8, 4) is 0 Å². The highest BCUT2D eigenvalue weighted by Gasteiger charge is 2.43. The Hall–Kier alpha value is -1.56. The zero-order valence-corrected chi connectivity index (χ0v) is 11.3. The van der Waals surface area contributed by atoms with Crippen LogP contribution in [-0.2, 0) is 15.1 Å². The summed E-state index contributed by atoms with van der Waals surface area (Å²) in [4.78, 5) is 23.4. The molecule has 1 aromatic rings. The average Bonchev–Trinajstić information content (AvgIpc) is 2.55. The number of carbonyl (C=O) groups is 2. The first-order valence-corrected chi connectivity index (χ1v) is 6.16. The van der Waals surface area contributed by atoms with Crippen LogP contribution in [0.15, 0.2) is 28.7 Å². The Morgan fingerprint density at radius 3 is 2.67 bits per heavy atom. The highest BCUT2D eigenvalue weighted by atomic mass is 79.9. The molecule has 0 radical (unpaired) electrons. The molecule has 18 heavy (non-hydrogen) atoms. The Morgan fingerprint density at radius 1 is 1.50 bits per heavy atom. The van der Waals surface area contributed by atoms with Crippen LogP contribution in [0.25, 0.3) is 0 Å². The summed E-state index contributed by atoms with van der Waals surface area (Å²) in [5.74, 6) is -1.05. The molecule has 0 aliphatic carbocycles. The van der Waals surface area contributed by atoms with Gasteiger partial charge in [0, 0.05) is 4.47 Å². The number of carboxylic acids is 1. The van der Waals surface area contributed by atoms with E-state index < -0.39 is 17.7 Å². The molecule has 0 saturated carbocycles. The highest BCUT2D eigenvalue weighted by Crippen LogP contribution is 2.33. The lowest BCUT2D eigenvalue weighted by molar-refractivity contribution is -0.137. The molecule has 1 heterocycles. The Balaban J connectivity index is 2.21. The van der Waals surface area contributed by atoms with Gasteiger partial charge in [-0.05, 0) is 24.6 Å². The summed E-state index contributed by atoms with van der Waals surface area (Å²) in [6.07, 6.45) is -0.595. The molecule has 1 amide bonds. The smallest absolute Gasteiger partial charge is 0.411 e. The normalized spacial score (nSPS) is 23.0. The third kappa shape index (κ3) is 2.48. The number of halogens is 1. The number of rotatable bonds is 3. The van der Waals surface area contributed by atoms with Gasteiger partial charge in [-0.15, -0.1) is 0 Å². The molecule has 0 spiro atoms. The molecule has 0 aromatic heterocycles. The van der Waals surface area contributed by atoms with E-state index in [9.17, 15) is 9.59 Å². The van der Waals surface area contributed by atoms with Crippen LogP contribution in [0.4, 0.5) is 4.79 Å². The summed E-state index contributed by atoms with van der Waals surface area (Å²) in [6.45, 7) is 1.67. The topological polar surface area (TPSA) is 66.8 Å². The third-order valence-corrected chi connectivity index (χ3v) is 3.37. The van der Waals surface area contributed by atoms with Crippen LogP contribution < -0.4 is 0 Å². The van der Waals surface area contributed by atoms with E-state index >= 15 is 0 Å². The first-order chi connectivity index (χ1) is 8.40. The van der Waals surface area contributed by atoms with Crippen LogP contribution in [0.2, 0.25) is 0 Å². The molecule has 1 aromatic carbocycles. The second kappa shape index (κ2) is 4.61. The van der Waals surface area contributed by atoms with Crippen LogP contribution >= 0.6 is 15.9 Å². The van der Waals surface area contributed by atoms with Gasteiger partial charge in [0.2, 0.25) is 0 Å². The molecule has 1 aliphatic rings. The number of cyclic esters (lactones) is 1. The molecular weight excluding hydrogens is 302 g/mol. The van der Waals surface area contributed by atoms with Gasteiger partial charge in [-0.25, -0.2) is 4.79 Å². The Labute approximate surface area is 112 Å². The van der Waals surface area contributed by atoms with E-state index in [0.717, 1.165) is 10.0 Å². The van der Waals surface area contributed by atoms with E-state index in [1.165, 1.54) is 4.90 Å². The predicted octanol–water partition coefficient (Wildman–Crippen LogP) is 2.20. The van der Waals surface area contributed by atoms with E-state index in [0.29, 0.717) is 0 Å². The minimum atomic E-state index is -1.05. The lowest BCUT2D eigenvalue weighted by atomic mass is 9.96. The Bertz CT molecular complexity index is 487. The Morgan fingerprint density at radius 2 is 2.11 bits per heavy atom. The molecule has 1 atom stereocenters. The van der Waals surface area contributed by atoms with E-state index in [2.05, 4.69) is 15.9 Å². The number of carbonyl (C=O) groups excluding carboxylic acids is 1. The fourth-order valence-corrected chi connectivity index (χ4v) is 2.22. The predicted molar refractivity (Wildman–Crippen MR) is 67.2 cm³/mol. The second-order valence-corrected chi connectivity index (χ2v) is 5.27. The SMILES string of the molecule is CC1(c2ccc(Br)cc2)CN(CC(=O)O)C(=O)O1. The van der Waals surface area contributed by atoms with Crippen molar-refractivity contribution in [3.63, 3.8) is 0 Å². The zero-order valence-electron chi connectivity index (χ0n) is 9.72. The molecule has 2 rings (SSSR count). The van der Waals surface area contributed by atoms with Gasteiger partial charge in [-0.1, -0.05) is 28.1 Å². The molecular formula is C12H12BrNO4. The zero-order chi connectivity index (χ0) is 13.3. The second-order valence-electron chi connectivity index (χ2n) is 4.36. The van der Waals surface area contributed by atoms with Gasteiger partial charge < -0.3 is 9.84 Å². The molecule has 0 bridgehead atoms. The van der Waals surface area contributed by atoms with E-state index in [1.54, 1.807) is 6.92 Å². The van der Waals surface area contributed by atoms with Gasteiger partial charge in [-0.2, -0.15) is 0 Å². The average molecular weight is 314 g/mol. The quantitative estimate of drug-likeness (QED) is 0.929. The van der Waals surface area contributed by atoms with Crippen molar-refractivity contribution in [3.05, 3.63) is 34.3 Å². The van der Waals surface area contributed by atoms with Gasteiger partial charge >= 0.3 is 12.1 Å². The molecule has 1 saturated heterocycles. The summed E-state index contributed by atoms with van der Waals surface area (Å²) in [5.41, 5.74) is 0.0414. The van der Waals surface area contributed by atoms with Crippen molar-refractivity contribution in [1.29, 1.82) is 0 Å². The molecule has 5 nitrogen and oxygen atoms in total. The van der Waals surface area contributed by atoms with Gasteiger partial charge in [0.1, 0.15) is 6.54 Å². The third-order valence-electron chi connectivity index (χ3n) is 2.84. The summed E-state index contributed by atoms with van der Waals surface area (Å²) in [6, 6.07) is 7.41. The monoisotopic (exact) mass is 313 g/mol. The number of benzene rings is 1. The maximum absolute atomic E-state index is 11.6. The number of carboxylic acid groups (broad SMARTS) is 1. The van der Waals surface area contributed by atoms with Gasteiger partial charge in [0.15, 0.2) is 5.60 Å². The number of hydrogen-bond acceptors (Lipinski definition) is 3. The Kier molecular flexibility index (Phi) is 3.30. The number of nitrogens with zero attached hydrogens (tertiary/aromatic N) is 1. The molecule has 1 aliphatic heterocycles. The maximum atomic E-state index is 11.6. The minimum absolute atomic E-state index is 0.236. The molecule has 1 unspecified atom stereocenters. The number of ether oxygens (including phenoxy) is 1. The van der Waals surface area contributed by atoms with Crippen molar-refractivity contribution >= 4 is 28.0 Å². The van der Waals surface area contributed by atoms with Crippen LogP contribution in [0.1, 0.15) is 12.5 Å². The van der Waals surface area contributed by atoms with Crippen molar-refractivity contribution in [2.75, 3.05) is 13.1 Å². The van der Waals surface area contributed by atoms with Gasteiger partial charge in [0.05, 0.1) is 6.54 Å². The standard InChI is InChI=1S/C12H12BrNO4/c1-12(8-2-4-9(13)5-3-8)7-14(6-10(15)16)11(17)18-12/h2-5H,6-7H2,1H3,(H,15,16). The van der Waals surface area contributed by atoms with E-state index in [-0.39, 0.29) is 13.1 Å². The molecule has 96 valence electrons. The minimum Gasteiger partial charge on any atom is -0.480 e. The van der Waals surface area contributed by atoms with Crippen molar-refractivity contribution < 1.29 is 19.4 Å². The number of aliphatic carboxylic acids is 1. The van der Waals surface area contributed by atoms with Crippen molar-refractivity contribution in [2.45, 2.75) is 12.5 Å². The summed E-state index contributed by atoms with van der Waals surface area (Å²) in [5, 5.41) is 8.71. The lowest BCUT2D eigenvalue weighted by Crippen LogP contribution is -2.33. The van der Waals surface area contributed by atoms with E-state index in [1.807, 2.05) is 24.3 Å². The first-order valence-electron chi connectivity index (χ1n) is 5.36. The molecule has 1 N–H and O–H groups in total. The fourth-order valence-electron chi connectivity index (χ4n) is 1.95. The van der Waals surface area contributed by atoms with Crippen molar-refractivity contribution in [1.82, 2.24) is 4.90 Å². The maximum Gasteiger partial charge on any atom is 0.411 e. The largest absolute Gasteiger partial charge is 0.480 e. The highest BCUT2D eigenvalue weighted by molar-refractivity contribution is 9.10. The molecule has 6 heteroatoms. The fraction of sp³-hybridized carbons (Fsp3) is 0.333. The van der Waals surface area contributed by atoms with Crippen LogP contribution in [0, 0.1) is 0 Å². The number of amides is 1.